The number of carboxylic acid groups (broad SMARTS) is 1. The smallest absolute Gasteiger partial charge is 0.0451 e. The van der Waals surface area contributed by atoms with Crippen LogP contribution in [0, 0.1) is 0 Å². The van der Waals surface area contributed by atoms with Gasteiger partial charge in [0.1, 0.15) is 0 Å². The predicted molar refractivity (Wildman–Crippen MR) is 47.5 cm³/mol. The summed E-state index contributed by atoms with van der Waals surface area (Å²) in [6.45, 7) is 1.08. The van der Waals surface area contributed by atoms with E-state index in [4.69, 9.17) is 9.90 Å². The van der Waals surface area contributed by atoms with E-state index < -0.39 is 5.97 Å². The fraction of sp³-hybridized carbons (Fsp3) is 0.167. The molecule has 0 radical (unpaired) electrons. The number of carboxylic acids is 1. The van der Waals surface area contributed by atoms with Gasteiger partial charge in [0.05, 0.1) is 0 Å². The van der Waals surface area contributed by atoms with Gasteiger partial charge in [-0.15, -0.1) is 0 Å². The van der Waals surface area contributed by atoms with Crippen molar-refractivity contribution in [2.24, 2.45) is 0 Å². The maximum atomic E-state index is 9.00. The molecule has 0 unspecified atom stereocenters. The van der Waals surface area contributed by atoms with E-state index >= 15 is 0 Å². The Balaban J connectivity index is -0.000000124. The second-order valence-electron chi connectivity index (χ2n) is 1.41. The van der Waals surface area contributed by atoms with Crippen LogP contribution in [0.1, 0.15) is 6.92 Å². The zero-order chi connectivity index (χ0) is 7.82. The number of aromatic nitrogens is 2. The van der Waals surface area contributed by atoms with Crippen LogP contribution in [-0.2, 0) is 4.79 Å². The summed E-state index contributed by atoms with van der Waals surface area (Å²) in [7, 11) is 0. The maximum Gasteiger partial charge on any atom is 0.0451 e. The summed E-state index contributed by atoms with van der Waals surface area (Å²) in [6, 6.07) is 0. The normalized spacial score (nSPS) is 6.08. The maximum absolute atomic E-state index is 9.00. The number of carbonyl (C=O) groups is 1. The van der Waals surface area contributed by atoms with Gasteiger partial charge in [0.25, 0.3) is 5.97 Å². The van der Waals surface area contributed by atoms with Crippen molar-refractivity contribution in [2.75, 3.05) is 0 Å². The van der Waals surface area contributed by atoms with Gasteiger partial charge in [-0.3, -0.25) is 14.8 Å². The van der Waals surface area contributed by atoms with Crippen LogP contribution in [0.3, 0.4) is 0 Å². The number of hydrogen-bond donors (Lipinski definition) is 1. The Morgan fingerprint density at radius 2 is 1.33 bits per heavy atom. The van der Waals surface area contributed by atoms with Crippen LogP contribution in [0.2, 0.25) is 0 Å². The van der Waals surface area contributed by atoms with E-state index in [0.29, 0.717) is 0 Å². The van der Waals surface area contributed by atoms with E-state index in [0.717, 1.165) is 6.92 Å². The van der Waals surface area contributed by atoms with Gasteiger partial charge in [-0.25, -0.2) is 0 Å². The molecule has 3 N–H and O–H groups in total. The molecular weight excluding hydrogens is 188 g/mol. The fourth-order valence-corrected chi connectivity index (χ4v) is 0.253. The van der Waals surface area contributed by atoms with Gasteiger partial charge in [-0.05, 0) is 0 Å². The average Bonchev–Trinajstić information content (AvgIpc) is 1.90. The van der Waals surface area contributed by atoms with Gasteiger partial charge in [0.15, 0.2) is 0 Å². The number of rotatable bonds is 0. The molecule has 0 spiro atoms. The average molecular weight is 200 g/mol. The fourth-order valence-electron chi connectivity index (χ4n) is 0.253. The van der Waals surface area contributed by atoms with Crippen molar-refractivity contribution in [1.29, 1.82) is 0 Å². The Labute approximate surface area is 100 Å². The summed E-state index contributed by atoms with van der Waals surface area (Å²) in [5, 5.41) is 7.42. The number of nitrogens with zero attached hydrogens (tertiary/aromatic N) is 2. The van der Waals surface area contributed by atoms with Gasteiger partial charge in [-0.2, -0.15) is 0 Å². The molecule has 6 heteroatoms. The molecule has 0 aliphatic heterocycles. The van der Waals surface area contributed by atoms with E-state index in [1.165, 1.54) is 0 Å². The minimum atomic E-state index is -0.833. The molecule has 1 heterocycles. The van der Waals surface area contributed by atoms with Crippen molar-refractivity contribution in [3.05, 3.63) is 24.8 Å². The molecule has 0 saturated heterocycles. The minimum absolute atomic E-state index is 0. The van der Waals surface area contributed by atoms with Crippen LogP contribution in [0.25, 0.3) is 0 Å². The van der Waals surface area contributed by atoms with Crippen molar-refractivity contribution in [3.63, 3.8) is 0 Å². The zero-order valence-corrected chi connectivity index (χ0v) is 6.06. The monoisotopic (exact) mass is 200 g/mol. The quantitative estimate of drug-likeness (QED) is 0.534. The van der Waals surface area contributed by atoms with E-state index in [1.807, 2.05) is 0 Å². The summed E-state index contributed by atoms with van der Waals surface area (Å²) < 4.78 is 0. The van der Waals surface area contributed by atoms with Crippen molar-refractivity contribution in [2.45, 2.75) is 6.92 Å². The third kappa shape index (κ3) is 22.6. The molecule has 0 atom stereocenters. The second-order valence-corrected chi connectivity index (χ2v) is 1.41. The van der Waals surface area contributed by atoms with Crippen LogP contribution in [-0.4, -0.2) is 64.3 Å². The van der Waals surface area contributed by atoms with Crippen LogP contribution in [0.4, 0.5) is 0 Å². The molecule has 0 aliphatic carbocycles. The first-order valence-corrected chi connectivity index (χ1v) is 2.63. The summed E-state index contributed by atoms with van der Waals surface area (Å²) in [4.78, 5) is 16.4. The van der Waals surface area contributed by atoms with Crippen molar-refractivity contribution in [3.8, 4) is 0 Å². The largest absolute Gasteiger partial charge is 0.262 e. The summed E-state index contributed by atoms with van der Waals surface area (Å²) in [5.74, 6) is -0.833. The molecular formula is C6H12CaN2O3. The Morgan fingerprint density at radius 1 is 1.17 bits per heavy atom. The Morgan fingerprint density at radius 3 is 1.42 bits per heavy atom. The first-order valence-electron chi connectivity index (χ1n) is 2.63. The second kappa shape index (κ2) is 13.4. The molecule has 0 bridgehead atoms. The van der Waals surface area contributed by atoms with Gasteiger partial charge < -0.3 is 10.6 Å². The zero-order valence-electron chi connectivity index (χ0n) is 6.06. The third-order valence-electron chi connectivity index (χ3n) is 0.478. The Hall–Kier alpha value is -0.230. The van der Waals surface area contributed by atoms with Gasteiger partial charge in [0.2, 0.25) is 0 Å². The molecule has 0 saturated carbocycles. The van der Waals surface area contributed by atoms with Crippen LogP contribution >= 0.6 is 0 Å². The molecule has 1 aromatic heterocycles. The molecule has 0 aromatic carbocycles. The molecule has 1 rings (SSSR count). The van der Waals surface area contributed by atoms with E-state index in [1.54, 1.807) is 24.8 Å². The number of hydrogen-bond acceptors (Lipinski definition) is 3. The van der Waals surface area contributed by atoms with Gasteiger partial charge in [-0.1, -0.05) is 0 Å². The summed E-state index contributed by atoms with van der Waals surface area (Å²) in [5.41, 5.74) is 0. The molecule has 12 heavy (non-hydrogen) atoms. The molecule has 66 valence electrons. The molecule has 0 aliphatic rings. The van der Waals surface area contributed by atoms with Crippen molar-refractivity contribution in [1.82, 2.24) is 9.97 Å². The summed E-state index contributed by atoms with van der Waals surface area (Å²) >= 11 is 0. The first kappa shape index (κ1) is 17.8. The van der Waals surface area contributed by atoms with E-state index in [9.17, 15) is 0 Å². The number of aliphatic carboxylic acids is 1. The summed E-state index contributed by atoms with van der Waals surface area (Å²) in [6.07, 6.45) is 6.56. The van der Waals surface area contributed by atoms with Crippen LogP contribution in [0.15, 0.2) is 24.8 Å². The Kier molecular flexibility index (Phi) is 19.8. The van der Waals surface area contributed by atoms with E-state index in [-0.39, 0.29) is 43.2 Å². The van der Waals surface area contributed by atoms with Crippen molar-refractivity contribution >= 4 is 43.7 Å². The first-order chi connectivity index (χ1) is 4.73. The topological polar surface area (TPSA) is 94.6 Å². The predicted octanol–water partition coefficient (Wildman–Crippen LogP) is -1.17. The van der Waals surface area contributed by atoms with Crippen LogP contribution in [0.5, 0.6) is 0 Å². The van der Waals surface area contributed by atoms with E-state index in [2.05, 4.69) is 9.97 Å². The minimum Gasteiger partial charge on any atom is -0.262 e. The SMILES string of the molecule is CC(=O)O.O.[CaH2].c1cnccn1. The molecule has 0 fully saturated rings. The van der Waals surface area contributed by atoms with Gasteiger partial charge >= 0.3 is 37.7 Å². The molecule has 0 amide bonds. The molecule has 1 aromatic rings. The van der Waals surface area contributed by atoms with Crippen LogP contribution < -0.4 is 0 Å². The third-order valence-corrected chi connectivity index (χ3v) is 0.478. The van der Waals surface area contributed by atoms with Gasteiger partial charge in [0, 0.05) is 31.7 Å². The standard InChI is InChI=1S/C4H4N2.C2H4O2.Ca.H2O.2H/c1-2-6-4-3-5-1;1-2(3)4;;;;/h1-4H;1H3,(H,3,4);;1H2;;. The Bertz CT molecular complexity index is 153. The molecule has 5 nitrogen and oxygen atoms in total. The van der Waals surface area contributed by atoms with Crippen molar-refractivity contribution < 1.29 is 15.4 Å².